The van der Waals surface area contributed by atoms with Crippen molar-refractivity contribution < 1.29 is 24.3 Å². The molecule has 0 saturated carbocycles. The van der Waals surface area contributed by atoms with Crippen LogP contribution < -0.4 is 0 Å². The quantitative estimate of drug-likeness (QED) is 0.275. The molecule has 0 unspecified atom stereocenters. The Bertz CT molecular complexity index is 321. The minimum atomic E-state index is 0. The van der Waals surface area contributed by atoms with Crippen LogP contribution in [-0.4, -0.2) is 6.29 Å². The molecule has 0 heterocycles. The van der Waals surface area contributed by atoms with Crippen LogP contribution >= 0.6 is 0 Å². The number of carbonyl (C=O) groups is 1. The second-order valence-electron chi connectivity index (χ2n) is 3.40. The van der Waals surface area contributed by atoms with Gasteiger partial charge in [-0.3, -0.25) is 11.4 Å². The van der Waals surface area contributed by atoms with Crippen LogP contribution in [0.1, 0.15) is 26.3 Å². The molecule has 2 heteroatoms. The van der Waals surface area contributed by atoms with Crippen LogP contribution in [0.2, 0.25) is 0 Å². The molecule has 1 aromatic carbocycles. The van der Waals surface area contributed by atoms with Gasteiger partial charge in [0.15, 0.2) is 0 Å². The van der Waals surface area contributed by atoms with Crippen LogP contribution in [0.5, 0.6) is 0 Å². The predicted molar refractivity (Wildman–Crippen MR) is 64.7 cm³/mol. The molecule has 0 atom stereocenters. The van der Waals surface area contributed by atoms with Crippen LogP contribution in [-0.2, 0) is 30.7 Å². The van der Waals surface area contributed by atoms with E-state index in [0.717, 1.165) is 12.7 Å². The molecule has 16 heavy (non-hydrogen) atoms. The van der Waals surface area contributed by atoms with Crippen molar-refractivity contribution in [1.82, 2.24) is 0 Å². The van der Waals surface area contributed by atoms with Crippen molar-refractivity contribution in [3.63, 3.8) is 0 Å². The minimum absolute atomic E-state index is 0. The van der Waals surface area contributed by atoms with E-state index in [1.165, 1.54) is 5.56 Å². The van der Waals surface area contributed by atoms with Gasteiger partial charge >= 0.3 is 19.5 Å². The number of hydrogen-bond acceptors (Lipinski definition) is 1. The Kier molecular flexibility index (Phi) is 11.6. The first-order valence-corrected chi connectivity index (χ1v) is 5.03. The van der Waals surface area contributed by atoms with Gasteiger partial charge in [0.2, 0.25) is 0 Å². The van der Waals surface area contributed by atoms with Crippen molar-refractivity contribution >= 4 is 6.29 Å². The number of aryl methyl sites for hydroxylation is 1. The average Bonchev–Trinajstić information content (AvgIpc) is 2.70. The largest absolute Gasteiger partial charge is 2.00 e. The fraction of sp³-hybridized carbons (Fsp3) is 0.286. The Balaban J connectivity index is 0. The Hall–Kier alpha value is -0.877. The SMILES string of the molecule is CC[c-]1cccc1.[CH-]=C(C)C=C(C)C=O.[Ru+2]. The summed E-state index contributed by atoms with van der Waals surface area (Å²) < 4.78 is 0. The molecule has 88 valence electrons. The maximum atomic E-state index is 9.90. The summed E-state index contributed by atoms with van der Waals surface area (Å²) in [6, 6.07) is 8.41. The summed E-state index contributed by atoms with van der Waals surface area (Å²) in [6.07, 6.45) is 3.57. The van der Waals surface area contributed by atoms with E-state index in [9.17, 15) is 4.79 Å². The Morgan fingerprint density at radius 3 is 2.00 bits per heavy atom. The smallest absolute Gasteiger partial charge is 0.300 e. The van der Waals surface area contributed by atoms with Gasteiger partial charge in [-0.2, -0.15) is 17.7 Å². The van der Waals surface area contributed by atoms with E-state index >= 15 is 0 Å². The molecule has 1 aromatic rings. The van der Waals surface area contributed by atoms with Gasteiger partial charge in [-0.25, -0.2) is 23.8 Å². The summed E-state index contributed by atoms with van der Waals surface area (Å²) in [4.78, 5) is 9.90. The molecule has 0 aliphatic rings. The summed E-state index contributed by atoms with van der Waals surface area (Å²) in [5.74, 6) is 0. The molecule has 0 bridgehead atoms. The molecule has 0 aliphatic heterocycles. The molecule has 0 aromatic heterocycles. The summed E-state index contributed by atoms with van der Waals surface area (Å²) in [5, 5.41) is 0. The van der Waals surface area contributed by atoms with Crippen LogP contribution in [0.4, 0.5) is 0 Å². The van der Waals surface area contributed by atoms with Gasteiger partial charge in [0, 0.05) is 0 Å². The Morgan fingerprint density at radius 1 is 1.31 bits per heavy atom. The number of rotatable bonds is 3. The number of allylic oxidation sites excluding steroid dienone is 3. The summed E-state index contributed by atoms with van der Waals surface area (Å²) in [7, 11) is 0. The first-order chi connectivity index (χ1) is 7.10. The average molecular weight is 303 g/mol. The normalized spacial score (nSPS) is 9.56. The molecule has 0 N–H and O–H groups in total. The zero-order valence-corrected chi connectivity index (χ0v) is 11.7. The van der Waals surface area contributed by atoms with E-state index in [1.54, 1.807) is 19.9 Å². The van der Waals surface area contributed by atoms with Crippen molar-refractivity contribution in [3.05, 3.63) is 53.6 Å². The van der Waals surface area contributed by atoms with Gasteiger partial charge in [-0.1, -0.05) is 32.8 Å². The molecule has 0 aliphatic carbocycles. The summed E-state index contributed by atoms with van der Waals surface area (Å²) in [5.41, 5.74) is 2.75. The topological polar surface area (TPSA) is 17.1 Å². The molecule has 0 fully saturated rings. The van der Waals surface area contributed by atoms with E-state index < -0.39 is 0 Å². The first-order valence-electron chi connectivity index (χ1n) is 5.03. The van der Waals surface area contributed by atoms with Gasteiger partial charge in [0.1, 0.15) is 6.29 Å². The Morgan fingerprint density at radius 2 is 1.81 bits per heavy atom. The van der Waals surface area contributed by atoms with Crippen molar-refractivity contribution in [3.8, 4) is 0 Å². The molecule has 1 nitrogen and oxygen atoms in total. The monoisotopic (exact) mass is 304 g/mol. The first kappa shape index (κ1) is 17.5. The third-order valence-corrected chi connectivity index (χ3v) is 1.78. The van der Waals surface area contributed by atoms with Gasteiger partial charge in [-0.05, 0) is 0 Å². The number of carbonyl (C=O) groups excluding carboxylic acids is 1. The van der Waals surface area contributed by atoms with Gasteiger partial charge < -0.3 is 0 Å². The molecule has 1 rings (SSSR count). The fourth-order valence-electron chi connectivity index (χ4n) is 1.04. The summed E-state index contributed by atoms with van der Waals surface area (Å²) >= 11 is 0. The van der Waals surface area contributed by atoms with Crippen LogP contribution in [0.3, 0.4) is 0 Å². The molecule has 0 saturated heterocycles. The van der Waals surface area contributed by atoms with Crippen LogP contribution in [0, 0.1) is 6.58 Å². The second-order valence-corrected chi connectivity index (χ2v) is 3.40. The van der Waals surface area contributed by atoms with Gasteiger partial charge in [-0.15, -0.1) is 0 Å². The third-order valence-electron chi connectivity index (χ3n) is 1.78. The van der Waals surface area contributed by atoms with Crippen molar-refractivity contribution in [1.29, 1.82) is 0 Å². The molecule has 0 spiro atoms. The fourth-order valence-corrected chi connectivity index (χ4v) is 1.04. The Labute approximate surface area is 111 Å². The predicted octanol–water partition coefficient (Wildman–Crippen LogP) is 3.48. The van der Waals surface area contributed by atoms with E-state index in [-0.39, 0.29) is 19.5 Å². The zero-order valence-electron chi connectivity index (χ0n) is 10.0. The third kappa shape index (κ3) is 9.67. The van der Waals surface area contributed by atoms with E-state index in [1.807, 2.05) is 0 Å². The number of hydrogen-bond donors (Lipinski definition) is 0. The van der Waals surface area contributed by atoms with E-state index in [0.29, 0.717) is 11.1 Å². The second kappa shape index (κ2) is 10.6. The van der Waals surface area contributed by atoms with Gasteiger partial charge in [0.25, 0.3) is 0 Å². The van der Waals surface area contributed by atoms with Crippen molar-refractivity contribution in [2.75, 3.05) is 0 Å². The summed E-state index contributed by atoms with van der Waals surface area (Å²) in [6.45, 7) is 10.9. The molecular weight excluding hydrogens is 285 g/mol. The maximum absolute atomic E-state index is 9.90. The van der Waals surface area contributed by atoms with Gasteiger partial charge in [0.05, 0.1) is 0 Å². The maximum Gasteiger partial charge on any atom is 2.00 e. The van der Waals surface area contributed by atoms with E-state index in [4.69, 9.17) is 6.58 Å². The van der Waals surface area contributed by atoms with Crippen molar-refractivity contribution in [2.24, 2.45) is 0 Å². The zero-order chi connectivity index (χ0) is 11.7. The minimum Gasteiger partial charge on any atom is -0.300 e. The molecule has 0 radical (unpaired) electrons. The van der Waals surface area contributed by atoms with Crippen molar-refractivity contribution in [2.45, 2.75) is 27.2 Å². The van der Waals surface area contributed by atoms with Crippen LogP contribution in [0.15, 0.2) is 41.5 Å². The standard InChI is InChI=1S/C7H9O.C7H9.Ru/c1-6(2)4-7(3)5-8;1-2-7-5-3-4-6-7;/h1,4-5H,2-3H3;3-6H,2H2,1H3;/q2*-1;+2. The molecular formula is C14H18ORu. The number of aldehydes is 1. The molecule has 0 amide bonds. The van der Waals surface area contributed by atoms with Crippen LogP contribution in [0.25, 0.3) is 0 Å². The van der Waals surface area contributed by atoms with E-state index in [2.05, 4.69) is 31.2 Å².